The van der Waals surface area contributed by atoms with Crippen LogP contribution >= 0.6 is 24.8 Å². The predicted molar refractivity (Wildman–Crippen MR) is 143 cm³/mol. The number of aromatic nitrogens is 3. The van der Waals surface area contributed by atoms with Crippen LogP contribution in [0.4, 0.5) is 0 Å². The fourth-order valence-electron chi connectivity index (χ4n) is 4.22. The second-order valence-electron chi connectivity index (χ2n) is 8.91. The van der Waals surface area contributed by atoms with Gasteiger partial charge in [-0.3, -0.25) is 4.79 Å². The number of amides is 1. The summed E-state index contributed by atoms with van der Waals surface area (Å²) in [5.41, 5.74) is 11.4. The third-order valence-corrected chi connectivity index (χ3v) is 6.05. The molecule has 0 aliphatic heterocycles. The Bertz CT molecular complexity index is 1230. The van der Waals surface area contributed by atoms with Crippen molar-refractivity contribution in [2.75, 3.05) is 13.1 Å². The first-order valence-electron chi connectivity index (χ1n) is 11.6. The van der Waals surface area contributed by atoms with Crippen LogP contribution in [-0.4, -0.2) is 56.6 Å². The quantitative estimate of drug-likeness (QED) is 0.225. The molecule has 2 heterocycles. The van der Waals surface area contributed by atoms with E-state index < -0.39 is 29.4 Å². The van der Waals surface area contributed by atoms with E-state index in [-0.39, 0.29) is 79.0 Å². The van der Waals surface area contributed by atoms with Crippen LogP contribution in [0, 0.1) is 6.92 Å². The van der Waals surface area contributed by atoms with Gasteiger partial charge in [-0.15, -0.1) is 24.8 Å². The number of nitrogens with two attached hydrogens (primary N) is 2. The van der Waals surface area contributed by atoms with Gasteiger partial charge in [-0.2, -0.15) is 4.98 Å². The highest BCUT2D eigenvalue weighted by atomic mass is 35.5. The molecular formula is C24H34Cl2N6O6. The number of carbonyl (C=O) groups is 2. The highest BCUT2D eigenvalue weighted by Crippen LogP contribution is 2.41. The lowest BCUT2D eigenvalue weighted by molar-refractivity contribution is -0.145. The Morgan fingerprint density at radius 1 is 1.13 bits per heavy atom. The van der Waals surface area contributed by atoms with Crippen molar-refractivity contribution in [3.8, 4) is 11.4 Å². The molecule has 210 valence electrons. The molecule has 0 aliphatic carbocycles. The number of hydrogen-bond donors (Lipinski definition) is 5. The summed E-state index contributed by atoms with van der Waals surface area (Å²) in [5.74, 6) is -3.04. The molecular weight excluding hydrogens is 539 g/mol. The van der Waals surface area contributed by atoms with Gasteiger partial charge in [0.1, 0.15) is 5.56 Å². The summed E-state index contributed by atoms with van der Waals surface area (Å²) >= 11 is 0. The second-order valence-corrected chi connectivity index (χ2v) is 8.91. The van der Waals surface area contributed by atoms with Crippen molar-refractivity contribution in [1.82, 2.24) is 20.6 Å². The second kappa shape index (κ2) is 13.7. The standard InChI is InChI=1S/C24H32N6O6.2ClH/c1-5-27-22(32)19-18(21-28-13(4)35-30-21)20(36-29-19)24(26,23(33)34)10-16(17(31)11-25)15-9-7-6-8-14(15)12(2)3;;/h6-9,12,16-17,31H,5,10-11,25-26H2,1-4H3,(H,27,32)(H,33,34);2*1H. The van der Waals surface area contributed by atoms with Crippen molar-refractivity contribution in [3.05, 3.63) is 52.7 Å². The van der Waals surface area contributed by atoms with Crippen LogP contribution in [0.25, 0.3) is 11.4 Å². The number of nitrogens with zero attached hydrogens (tertiary/aromatic N) is 3. The molecule has 7 N–H and O–H groups in total. The van der Waals surface area contributed by atoms with Crippen LogP contribution in [0.15, 0.2) is 33.3 Å². The zero-order valence-corrected chi connectivity index (χ0v) is 23.1. The van der Waals surface area contributed by atoms with E-state index in [1.54, 1.807) is 19.9 Å². The highest BCUT2D eigenvalue weighted by molar-refractivity contribution is 5.99. The number of halogens is 2. The number of carboxylic acid groups (broad SMARTS) is 1. The Morgan fingerprint density at radius 3 is 2.26 bits per heavy atom. The maximum absolute atomic E-state index is 12.7. The van der Waals surface area contributed by atoms with Crippen LogP contribution < -0.4 is 16.8 Å². The molecule has 3 rings (SSSR count). The Balaban J connectivity index is 0.00000361. The fraction of sp³-hybridized carbons (Fsp3) is 0.458. The molecule has 0 saturated carbocycles. The summed E-state index contributed by atoms with van der Waals surface area (Å²) < 4.78 is 10.5. The molecule has 0 saturated heterocycles. The minimum atomic E-state index is -2.24. The minimum absolute atomic E-state index is 0. The predicted octanol–water partition coefficient (Wildman–Crippen LogP) is 2.48. The number of nitrogens with one attached hydrogen (secondary N) is 1. The van der Waals surface area contributed by atoms with E-state index in [0.29, 0.717) is 5.56 Å². The lowest BCUT2D eigenvalue weighted by atomic mass is 9.76. The summed E-state index contributed by atoms with van der Waals surface area (Å²) in [6.45, 7) is 7.39. The number of benzene rings is 1. The van der Waals surface area contributed by atoms with Crippen molar-refractivity contribution < 1.29 is 28.8 Å². The molecule has 14 heteroatoms. The molecule has 3 atom stereocenters. The number of rotatable bonds is 11. The highest BCUT2D eigenvalue weighted by Gasteiger charge is 2.48. The van der Waals surface area contributed by atoms with Crippen LogP contribution in [0.5, 0.6) is 0 Å². The van der Waals surface area contributed by atoms with Gasteiger partial charge in [0.2, 0.25) is 11.7 Å². The molecule has 1 aromatic carbocycles. The molecule has 1 amide bonds. The number of aliphatic hydroxyl groups excluding tert-OH is 1. The Labute approximate surface area is 232 Å². The van der Waals surface area contributed by atoms with Gasteiger partial charge in [0.25, 0.3) is 5.91 Å². The topological polar surface area (TPSA) is 204 Å². The van der Waals surface area contributed by atoms with Gasteiger partial charge in [-0.1, -0.05) is 48.4 Å². The van der Waals surface area contributed by atoms with Gasteiger partial charge < -0.3 is 36.0 Å². The molecule has 2 aromatic heterocycles. The average molecular weight is 573 g/mol. The van der Waals surface area contributed by atoms with Gasteiger partial charge in [0, 0.05) is 25.9 Å². The van der Waals surface area contributed by atoms with Crippen LogP contribution in [0.3, 0.4) is 0 Å². The maximum atomic E-state index is 12.7. The normalized spacial score (nSPS) is 14.1. The number of hydrogen-bond acceptors (Lipinski definition) is 10. The van der Waals surface area contributed by atoms with Gasteiger partial charge >= 0.3 is 5.97 Å². The lowest BCUT2D eigenvalue weighted by Crippen LogP contribution is -2.48. The largest absolute Gasteiger partial charge is 0.480 e. The van der Waals surface area contributed by atoms with E-state index in [2.05, 4.69) is 20.6 Å². The molecule has 38 heavy (non-hydrogen) atoms. The average Bonchev–Trinajstić information content (AvgIpc) is 3.48. The SMILES string of the molecule is CCNC(=O)c1noc(C(N)(CC(c2ccccc2C(C)C)C(O)CN)C(=O)O)c1-c1noc(C)n1.Cl.Cl. The number of aliphatic hydroxyl groups is 1. The molecule has 3 unspecified atom stereocenters. The summed E-state index contributed by atoms with van der Waals surface area (Å²) in [4.78, 5) is 29.6. The van der Waals surface area contributed by atoms with E-state index in [1.165, 1.54) is 0 Å². The Morgan fingerprint density at radius 2 is 1.76 bits per heavy atom. The summed E-state index contributed by atoms with van der Waals surface area (Å²) in [7, 11) is 0. The number of aliphatic carboxylic acids is 1. The Kier molecular flexibility index (Phi) is 11.9. The van der Waals surface area contributed by atoms with Crippen LogP contribution in [0.1, 0.15) is 72.3 Å². The molecule has 0 radical (unpaired) electrons. The monoisotopic (exact) mass is 572 g/mol. The summed E-state index contributed by atoms with van der Waals surface area (Å²) in [5, 5.41) is 31.5. The van der Waals surface area contributed by atoms with Crippen molar-refractivity contribution in [2.45, 2.75) is 57.6 Å². The van der Waals surface area contributed by atoms with E-state index >= 15 is 0 Å². The molecule has 0 aliphatic rings. The van der Waals surface area contributed by atoms with Gasteiger partial charge in [0.15, 0.2) is 17.0 Å². The Hall–Kier alpha value is -3.03. The van der Waals surface area contributed by atoms with Gasteiger partial charge in [-0.05, 0) is 30.4 Å². The summed E-state index contributed by atoms with van der Waals surface area (Å²) in [6.07, 6.45) is -1.44. The smallest absolute Gasteiger partial charge is 0.331 e. The zero-order valence-electron chi connectivity index (χ0n) is 21.5. The number of carboxylic acids is 1. The first-order chi connectivity index (χ1) is 17.0. The lowest BCUT2D eigenvalue weighted by Gasteiger charge is -2.32. The van der Waals surface area contributed by atoms with Crippen LogP contribution in [-0.2, 0) is 10.3 Å². The molecule has 0 spiro atoms. The van der Waals surface area contributed by atoms with Crippen molar-refractivity contribution in [2.24, 2.45) is 11.5 Å². The number of carbonyl (C=O) groups excluding carboxylic acids is 1. The van der Waals surface area contributed by atoms with E-state index in [4.69, 9.17) is 20.5 Å². The zero-order chi connectivity index (χ0) is 26.6. The number of aryl methyl sites for hydroxylation is 1. The molecule has 12 nitrogen and oxygen atoms in total. The maximum Gasteiger partial charge on any atom is 0.331 e. The molecule has 3 aromatic rings. The fourth-order valence-corrected chi connectivity index (χ4v) is 4.22. The van der Waals surface area contributed by atoms with Crippen LogP contribution in [0.2, 0.25) is 0 Å². The van der Waals surface area contributed by atoms with Gasteiger partial charge in [0.05, 0.1) is 6.10 Å². The minimum Gasteiger partial charge on any atom is -0.480 e. The summed E-state index contributed by atoms with van der Waals surface area (Å²) in [6, 6.07) is 7.38. The van der Waals surface area contributed by atoms with E-state index in [9.17, 15) is 19.8 Å². The first kappa shape index (κ1) is 33.0. The van der Waals surface area contributed by atoms with Gasteiger partial charge in [-0.25, -0.2) is 4.79 Å². The van der Waals surface area contributed by atoms with Crippen molar-refractivity contribution in [1.29, 1.82) is 0 Å². The molecule has 0 bridgehead atoms. The van der Waals surface area contributed by atoms with Crippen molar-refractivity contribution in [3.63, 3.8) is 0 Å². The third kappa shape index (κ3) is 6.51. The first-order valence-corrected chi connectivity index (χ1v) is 11.6. The van der Waals surface area contributed by atoms with Crippen molar-refractivity contribution >= 4 is 36.7 Å². The van der Waals surface area contributed by atoms with E-state index in [1.807, 2.05) is 32.0 Å². The molecule has 0 fully saturated rings. The van der Waals surface area contributed by atoms with E-state index in [0.717, 1.165) is 5.56 Å². The third-order valence-electron chi connectivity index (χ3n) is 6.05.